The second kappa shape index (κ2) is 6.51. The van der Waals surface area contributed by atoms with E-state index in [2.05, 4.69) is 10.3 Å². The van der Waals surface area contributed by atoms with Gasteiger partial charge in [-0.15, -0.1) is 0 Å². The number of hydrogen-bond donors (Lipinski definition) is 1. The molecule has 1 heterocycles. The molecule has 0 amide bonds. The zero-order valence-electron chi connectivity index (χ0n) is 10.6. The standard InChI is InChI=1S/C12H15F3N2O2/c1-3-19-11(18)10(17-7-12(13,14)15)9-6-16-5-4-8(9)2/h4-6,10,17H,3,7H2,1-2H3. The average molecular weight is 276 g/mol. The lowest BCUT2D eigenvalue weighted by atomic mass is 10.0. The second-order valence-corrected chi connectivity index (χ2v) is 3.91. The van der Waals surface area contributed by atoms with Crippen LogP contribution in [0, 0.1) is 6.92 Å². The van der Waals surface area contributed by atoms with E-state index in [0.717, 1.165) is 0 Å². The van der Waals surface area contributed by atoms with Crippen molar-refractivity contribution in [1.82, 2.24) is 10.3 Å². The number of nitrogens with zero attached hydrogens (tertiary/aromatic N) is 1. The van der Waals surface area contributed by atoms with Gasteiger partial charge in [-0.1, -0.05) is 0 Å². The summed E-state index contributed by atoms with van der Waals surface area (Å²) in [7, 11) is 0. The number of carbonyl (C=O) groups excluding carboxylic acids is 1. The SMILES string of the molecule is CCOC(=O)C(NCC(F)(F)F)c1cnccc1C. The number of nitrogens with one attached hydrogen (secondary N) is 1. The molecule has 0 aromatic carbocycles. The van der Waals surface area contributed by atoms with Crippen LogP contribution in [-0.4, -0.2) is 30.3 Å². The highest BCUT2D eigenvalue weighted by Crippen LogP contribution is 2.20. The van der Waals surface area contributed by atoms with Crippen molar-refractivity contribution in [2.75, 3.05) is 13.2 Å². The van der Waals surface area contributed by atoms with E-state index in [1.807, 2.05) is 0 Å². The summed E-state index contributed by atoms with van der Waals surface area (Å²) in [5.41, 5.74) is 1.05. The number of rotatable bonds is 5. The van der Waals surface area contributed by atoms with Crippen molar-refractivity contribution in [2.24, 2.45) is 0 Å². The van der Waals surface area contributed by atoms with Crippen LogP contribution >= 0.6 is 0 Å². The third-order valence-corrected chi connectivity index (χ3v) is 2.42. The van der Waals surface area contributed by atoms with E-state index < -0.39 is 24.7 Å². The highest BCUT2D eigenvalue weighted by molar-refractivity contribution is 5.78. The fourth-order valence-corrected chi connectivity index (χ4v) is 1.54. The summed E-state index contributed by atoms with van der Waals surface area (Å²) in [4.78, 5) is 15.6. The van der Waals surface area contributed by atoms with Crippen molar-refractivity contribution >= 4 is 5.97 Å². The summed E-state index contributed by atoms with van der Waals surface area (Å²) in [6, 6.07) is 0.451. The van der Waals surface area contributed by atoms with Crippen molar-refractivity contribution < 1.29 is 22.7 Å². The van der Waals surface area contributed by atoms with Crippen LogP contribution in [0.1, 0.15) is 24.1 Å². The largest absolute Gasteiger partial charge is 0.465 e. The maximum atomic E-state index is 12.3. The molecule has 7 heteroatoms. The minimum Gasteiger partial charge on any atom is -0.465 e. The van der Waals surface area contributed by atoms with E-state index in [-0.39, 0.29) is 6.61 Å². The fourth-order valence-electron chi connectivity index (χ4n) is 1.54. The lowest BCUT2D eigenvalue weighted by Crippen LogP contribution is -2.37. The summed E-state index contributed by atoms with van der Waals surface area (Å²) in [6.45, 7) is 2.11. The summed E-state index contributed by atoms with van der Waals surface area (Å²) >= 11 is 0. The van der Waals surface area contributed by atoms with Gasteiger partial charge < -0.3 is 4.74 Å². The van der Waals surface area contributed by atoms with Gasteiger partial charge >= 0.3 is 12.1 Å². The predicted molar refractivity (Wildman–Crippen MR) is 62.4 cm³/mol. The Kier molecular flexibility index (Phi) is 5.29. The number of carbonyl (C=O) groups is 1. The number of alkyl halides is 3. The van der Waals surface area contributed by atoms with Crippen molar-refractivity contribution in [3.63, 3.8) is 0 Å². The summed E-state index contributed by atoms with van der Waals surface area (Å²) in [5, 5.41) is 2.16. The lowest BCUT2D eigenvalue weighted by Gasteiger charge is -2.19. The van der Waals surface area contributed by atoms with E-state index in [4.69, 9.17) is 4.74 Å². The molecule has 4 nitrogen and oxygen atoms in total. The highest BCUT2D eigenvalue weighted by atomic mass is 19.4. The Labute approximate surface area is 109 Å². The maximum absolute atomic E-state index is 12.3. The van der Waals surface area contributed by atoms with Crippen LogP contribution < -0.4 is 5.32 Å². The number of aromatic nitrogens is 1. The molecule has 1 rings (SSSR count). The zero-order chi connectivity index (χ0) is 14.5. The second-order valence-electron chi connectivity index (χ2n) is 3.91. The number of ether oxygens (including phenoxy) is 1. The van der Waals surface area contributed by atoms with Crippen LogP contribution in [0.3, 0.4) is 0 Å². The van der Waals surface area contributed by atoms with Crippen LogP contribution in [-0.2, 0) is 9.53 Å². The molecule has 1 N–H and O–H groups in total. The van der Waals surface area contributed by atoms with Gasteiger partial charge in [0, 0.05) is 18.0 Å². The first-order valence-corrected chi connectivity index (χ1v) is 5.72. The average Bonchev–Trinajstić information content (AvgIpc) is 2.30. The minimum atomic E-state index is -4.40. The normalized spacial score (nSPS) is 13.1. The third kappa shape index (κ3) is 4.86. The molecule has 1 unspecified atom stereocenters. The molecule has 1 aromatic heterocycles. The van der Waals surface area contributed by atoms with Gasteiger partial charge in [-0.3, -0.25) is 10.3 Å². The quantitative estimate of drug-likeness (QED) is 0.837. The molecular weight excluding hydrogens is 261 g/mol. The Balaban J connectivity index is 2.93. The molecule has 0 aliphatic rings. The molecule has 0 aliphatic heterocycles. The Hall–Kier alpha value is -1.63. The van der Waals surface area contributed by atoms with E-state index in [1.54, 1.807) is 19.9 Å². The van der Waals surface area contributed by atoms with E-state index >= 15 is 0 Å². The Morgan fingerprint density at radius 3 is 2.74 bits per heavy atom. The Bertz CT molecular complexity index is 435. The topological polar surface area (TPSA) is 51.2 Å². The number of esters is 1. The van der Waals surface area contributed by atoms with Gasteiger partial charge in [-0.2, -0.15) is 13.2 Å². The molecule has 0 saturated carbocycles. The predicted octanol–water partition coefficient (Wildman–Crippen LogP) is 2.15. The molecular formula is C12H15F3N2O2. The first-order chi connectivity index (χ1) is 8.85. The first kappa shape index (κ1) is 15.4. The number of hydrogen-bond acceptors (Lipinski definition) is 4. The lowest BCUT2D eigenvalue weighted by molar-refractivity contribution is -0.149. The molecule has 1 aromatic rings. The number of halogens is 3. The van der Waals surface area contributed by atoms with Gasteiger partial charge in [0.25, 0.3) is 0 Å². The van der Waals surface area contributed by atoms with E-state index in [9.17, 15) is 18.0 Å². The summed E-state index contributed by atoms with van der Waals surface area (Å²) in [6.07, 6.45) is -1.54. The minimum absolute atomic E-state index is 0.0995. The maximum Gasteiger partial charge on any atom is 0.401 e. The van der Waals surface area contributed by atoms with Gasteiger partial charge in [0.05, 0.1) is 13.2 Å². The van der Waals surface area contributed by atoms with Crippen LogP contribution in [0.5, 0.6) is 0 Å². The number of pyridine rings is 1. The van der Waals surface area contributed by atoms with E-state index in [1.165, 1.54) is 12.4 Å². The summed E-state index contributed by atoms with van der Waals surface area (Å²) < 4.78 is 41.5. The molecule has 0 spiro atoms. The smallest absolute Gasteiger partial charge is 0.401 e. The molecule has 0 bridgehead atoms. The molecule has 0 fully saturated rings. The van der Waals surface area contributed by atoms with Crippen LogP contribution in [0.15, 0.2) is 18.5 Å². The highest BCUT2D eigenvalue weighted by Gasteiger charge is 2.32. The molecule has 0 saturated heterocycles. The van der Waals surface area contributed by atoms with Crippen molar-refractivity contribution in [3.8, 4) is 0 Å². The molecule has 0 radical (unpaired) electrons. The van der Waals surface area contributed by atoms with Crippen molar-refractivity contribution in [3.05, 3.63) is 29.6 Å². The fraction of sp³-hybridized carbons (Fsp3) is 0.500. The Morgan fingerprint density at radius 2 is 2.21 bits per heavy atom. The van der Waals surface area contributed by atoms with Gasteiger partial charge in [0.15, 0.2) is 0 Å². The molecule has 19 heavy (non-hydrogen) atoms. The van der Waals surface area contributed by atoms with Gasteiger partial charge in [0.1, 0.15) is 6.04 Å². The van der Waals surface area contributed by atoms with Crippen LogP contribution in [0.4, 0.5) is 13.2 Å². The van der Waals surface area contributed by atoms with Crippen LogP contribution in [0.2, 0.25) is 0 Å². The zero-order valence-corrected chi connectivity index (χ0v) is 10.6. The van der Waals surface area contributed by atoms with Gasteiger partial charge in [-0.25, -0.2) is 4.79 Å². The first-order valence-electron chi connectivity index (χ1n) is 5.72. The molecule has 0 aliphatic carbocycles. The van der Waals surface area contributed by atoms with Crippen LogP contribution in [0.25, 0.3) is 0 Å². The summed E-state index contributed by atoms with van der Waals surface area (Å²) in [5.74, 6) is -0.747. The van der Waals surface area contributed by atoms with Crippen molar-refractivity contribution in [2.45, 2.75) is 26.1 Å². The van der Waals surface area contributed by atoms with Gasteiger partial charge in [0.2, 0.25) is 0 Å². The third-order valence-electron chi connectivity index (χ3n) is 2.42. The van der Waals surface area contributed by atoms with Gasteiger partial charge in [-0.05, 0) is 25.5 Å². The number of aryl methyl sites for hydroxylation is 1. The van der Waals surface area contributed by atoms with E-state index in [0.29, 0.717) is 11.1 Å². The molecule has 1 atom stereocenters. The monoisotopic (exact) mass is 276 g/mol. The molecule has 106 valence electrons. The Morgan fingerprint density at radius 1 is 1.53 bits per heavy atom. The van der Waals surface area contributed by atoms with Crippen molar-refractivity contribution in [1.29, 1.82) is 0 Å².